The summed E-state index contributed by atoms with van der Waals surface area (Å²) in [5, 5.41) is 8.96. The SMILES string of the molecule is CCCCCCc1cc2c(cc1C#Cc1ccc(CC(=O)O)cc1)C(C)(C)CC(C)(C)O2. The third kappa shape index (κ3) is 6.16. The van der Waals surface area contributed by atoms with E-state index in [0.717, 1.165) is 41.7 Å². The first kappa shape index (κ1) is 23.9. The summed E-state index contributed by atoms with van der Waals surface area (Å²) >= 11 is 0. The van der Waals surface area contributed by atoms with Crippen molar-refractivity contribution in [2.75, 3.05) is 0 Å². The number of carboxylic acids is 1. The van der Waals surface area contributed by atoms with Crippen LogP contribution < -0.4 is 4.74 Å². The average molecular weight is 433 g/mol. The third-order valence-corrected chi connectivity index (χ3v) is 6.14. The van der Waals surface area contributed by atoms with E-state index in [0.29, 0.717) is 0 Å². The molecule has 0 saturated carbocycles. The fraction of sp³-hybridized carbons (Fsp3) is 0.483. The molecule has 1 N–H and O–H groups in total. The summed E-state index contributed by atoms with van der Waals surface area (Å²) in [6.45, 7) is 11.1. The Balaban J connectivity index is 1.95. The lowest BCUT2D eigenvalue weighted by molar-refractivity contribution is -0.136. The molecule has 1 aliphatic rings. The van der Waals surface area contributed by atoms with Crippen LogP contribution in [0.4, 0.5) is 0 Å². The van der Waals surface area contributed by atoms with E-state index in [4.69, 9.17) is 9.84 Å². The van der Waals surface area contributed by atoms with Crippen LogP contribution in [0.5, 0.6) is 5.75 Å². The van der Waals surface area contributed by atoms with Gasteiger partial charge in [-0.15, -0.1) is 0 Å². The Hall–Kier alpha value is -2.73. The molecule has 0 saturated heterocycles. The fourth-order valence-corrected chi connectivity index (χ4v) is 4.81. The van der Waals surface area contributed by atoms with Gasteiger partial charge in [0.15, 0.2) is 0 Å². The minimum atomic E-state index is -0.821. The van der Waals surface area contributed by atoms with Gasteiger partial charge in [-0.3, -0.25) is 4.79 Å². The normalized spacial score (nSPS) is 15.8. The molecule has 0 bridgehead atoms. The lowest BCUT2D eigenvalue weighted by atomic mass is 9.73. The number of fused-ring (bicyclic) bond motifs is 1. The van der Waals surface area contributed by atoms with E-state index in [1.807, 2.05) is 24.3 Å². The monoisotopic (exact) mass is 432 g/mol. The quantitative estimate of drug-likeness (QED) is 0.392. The predicted molar refractivity (Wildman–Crippen MR) is 130 cm³/mol. The molecule has 2 aromatic rings. The minimum absolute atomic E-state index is 0.0206. The summed E-state index contributed by atoms with van der Waals surface area (Å²) in [4.78, 5) is 10.9. The van der Waals surface area contributed by atoms with Crippen molar-refractivity contribution >= 4 is 5.97 Å². The molecule has 32 heavy (non-hydrogen) atoms. The van der Waals surface area contributed by atoms with Gasteiger partial charge in [-0.1, -0.05) is 64.0 Å². The zero-order valence-corrected chi connectivity index (χ0v) is 20.2. The largest absolute Gasteiger partial charge is 0.488 e. The van der Waals surface area contributed by atoms with Crippen molar-refractivity contribution in [2.45, 2.75) is 90.6 Å². The van der Waals surface area contributed by atoms with Crippen molar-refractivity contribution in [3.8, 4) is 17.6 Å². The Bertz CT molecular complexity index is 1020. The van der Waals surface area contributed by atoms with E-state index in [1.165, 1.54) is 30.4 Å². The first-order valence-electron chi connectivity index (χ1n) is 11.8. The highest BCUT2D eigenvalue weighted by Gasteiger charge is 2.39. The average Bonchev–Trinajstić information content (AvgIpc) is 2.69. The summed E-state index contributed by atoms with van der Waals surface area (Å²) in [6, 6.07) is 12.0. The first-order valence-corrected chi connectivity index (χ1v) is 11.8. The zero-order valence-electron chi connectivity index (χ0n) is 20.2. The fourth-order valence-electron chi connectivity index (χ4n) is 4.81. The van der Waals surface area contributed by atoms with Crippen molar-refractivity contribution in [3.63, 3.8) is 0 Å². The second-order valence-corrected chi connectivity index (χ2v) is 10.3. The lowest BCUT2D eigenvalue weighted by Gasteiger charge is -2.42. The molecule has 0 amide bonds. The highest BCUT2D eigenvalue weighted by atomic mass is 16.5. The number of carbonyl (C=O) groups is 1. The highest BCUT2D eigenvalue weighted by Crippen LogP contribution is 2.45. The maximum Gasteiger partial charge on any atom is 0.307 e. The molecule has 3 heteroatoms. The van der Waals surface area contributed by atoms with Crippen molar-refractivity contribution in [1.82, 2.24) is 0 Å². The molecule has 170 valence electrons. The number of carboxylic acid groups (broad SMARTS) is 1. The van der Waals surface area contributed by atoms with Crippen molar-refractivity contribution < 1.29 is 14.6 Å². The Morgan fingerprint density at radius 2 is 1.75 bits per heavy atom. The van der Waals surface area contributed by atoms with Crippen LogP contribution >= 0.6 is 0 Å². The number of benzene rings is 2. The molecule has 2 aromatic carbocycles. The van der Waals surface area contributed by atoms with E-state index < -0.39 is 5.97 Å². The second-order valence-electron chi connectivity index (χ2n) is 10.3. The molecule has 3 rings (SSSR count). The Kier molecular flexibility index (Phi) is 7.34. The number of ether oxygens (including phenoxy) is 1. The molecule has 1 heterocycles. The van der Waals surface area contributed by atoms with Crippen LogP contribution in [-0.4, -0.2) is 16.7 Å². The number of aryl methyl sites for hydroxylation is 1. The van der Waals surface area contributed by atoms with E-state index in [2.05, 4.69) is 58.6 Å². The van der Waals surface area contributed by atoms with Gasteiger partial charge >= 0.3 is 5.97 Å². The van der Waals surface area contributed by atoms with Crippen LogP contribution in [0.25, 0.3) is 0 Å². The van der Waals surface area contributed by atoms with Gasteiger partial charge in [0.25, 0.3) is 0 Å². The lowest BCUT2D eigenvalue weighted by Crippen LogP contribution is -2.41. The number of rotatable bonds is 7. The standard InChI is InChI=1S/C29H36O3/c1-6-7-8-9-10-23-19-26-25(28(2,3)20-29(4,5)32-26)18-24(23)16-15-21-11-13-22(14-12-21)17-27(30)31/h11-14,18-19H,6-10,17,20H2,1-5H3,(H,30,31). The van der Waals surface area contributed by atoms with Crippen LogP contribution in [-0.2, 0) is 23.1 Å². The minimum Gasteiger partial charge on any atom is -0.488 e. The summed E-state index contributed by atoms with van der Waals surface area (Å²) in [6.07, 6.45) is 6.85. The maximum atomic E-state index is 10.9. The molecule has 0 aliphatic carbocycles. The predicted octanol–water partition coefficient (Wildman–Crippen LogP) is 6.68. The highest BCUT2D eigenvalue weighted by molar-refractivity contribution is 5.70. The van der Waals surface area contributed by atoms with Crippen LogP contribution in [0.1, 0.15) is 94.5 Å². The Morgan fingerprint density at radius 3 is 2.41 bits per heavy atom. The van der Waals surface area contributed by atoms with Crippen molar-refractivity contribution in [2.24, 2.45) is 0 Å². The zero-order chi connectivity index (χ0) is 23.4. The molecular weight excluding hydrogens is 396 g/mol. The van der Waals surface area contributed by atoms with Crippen LogP contribution in [0, 0.1) is 11.8 Å². The number of hydrogen-bond donors (Lipinski definition) is 1. The first-order chi connectivity index (χ1) is 15.1. The Labute approximate surface area is 193 Å². The molecular formula is C29H36O3. The number of aliphatic carboxylic acids is 1. The van der Waals surface area contributed by atoms with E-state index >= 15 is 0 Å². The summed E-state index contributed by atoms with van der Waals surface area (Å²) in [5.41, 5.74) is 5.08. The molecule has 0 unspecified atom stereocenters. The second kappa shape index (κ2) is 9.82. The van der Waals surface area contributed by atoms with E-state index in [1.54, 1.807) is 0 Å². The van der Waals surface area contributed by atoms with Gasteiger partial charge in [-0.25, -0.2) is 0 Å². The molecule has 0 aromatic heterocycles. The van der Waals surface area contributed by atoms with E-state index in [9.17, 15) is 4.79 Å². The van der Waals surface area contributed by atoms with Crippen molar-refractivity contribution in [1.29, 1.82) is 0 Å². The van der Waals surface area contributed by atoms with Gasteiger partial charge in [0, 0.05) is 16.7 Å². The number of hydrogen-bond acceptors (Lipinski definition) is 2. The molecule has 0 spiro atoms. The van der Waals surface area contributed by atoms with Gasteiger partial charge in [-0.2, -0.15) is 0 Å². The Morgan fingerprint density at radius 1 is 1.03 bits per heavy atom. The molecule has 0 atom stereocenters. The van der Waals surface area contributed by atoms with Gasteiger partial charge in [-0.05, 0) is 73.9 Å². The van der Waals surface area contributed by atoms with Crippen LogP contribution in [0.3, 0.4) is 0 Å². The summed E-state index contributed by atoms with van der Waals surface area (Å²) < 4.78 is 6.39. The summed E-state index contributed by atoms with van der Waals surface area (Å²) in [5.74, 6) is 6.89. The van der Waals surface area contributed by atoms with E-state index in [-0.39, 0.29) is 17.4 Å². The van der Waals surface area contributed by atoms with Gasteiger partial charge < -0.3 is 9.84 Å². The van der Waals surface area contributed by atoms with Gasteiger partial charge in [0.1, 0.15) is 11.4 Å². The third-order valence-electron chi connectivity index (χ3n) is 6.14. The van der Waals surface area contributed by atoms with Crippen LogP contribution in [0.2, 0.25) is 0 Å². The molecule has 3 nitrogen and oxygen atoms in total. The maximum absolute atomic E-state index is 10.9. The molecule has 0 radical (unpaired) electrons. The topological polar surface area (TPSA) is 46.5 Å². The number of unbranched alkanes of at least 4 members (excludes halogenated alkanes) is 3. The van der Waals surface area contributed by atoms with Gasteiger partial charge in [0.05, 0.1) is 6.42 Å². The molecule has 1 aliphatic heterocycles. The van der Waals surface area contributed by atoms with Gasteiger partial charge in [0.2, 0.25) is 0 Å². The molecule has 0 fully saturated rings. The van der Waals surface area contributed by atoms with Crippen LogP contribution in [0.15, 0.2) is 36.4 Å². The van der Waals surface area contributed by atoms with Crippen molar-refractivity contribution in [3.05, 3.63) is 64.2 Å². The summed E-state index contributed by atoms with van der Waals surface area (Å²) in [7, 11) is 0. The smallest absolute Gasteiger partial charge is 0.307 e.